The summed E-state index contributed by atoms with van der Waals surface area (Å²) in [6.45, 7) is 3.86. The molecular weight excluding hydrogens is 384 g/mol. The number of hydrogen-bond donors (Lipinski definition) is 2. The summed E-state index contributed by atoms with van der Waals surface area (Å²) in [7, 11) is 3.83. The average Bonchev–Trinajstić information content (AvgIpc) is 3.13. The molecule has 0 unspecified atom stereocenters. The zero-order valence-corrected chi connectivity index (χ0v) is 17.1. The lowest BCUT2D eigenvalue weighted by Crippen LogP contribution is -2.51. The fourth-order valence-electron chi connectivity index (χ4n) is 2.79. The number of hydrogen-bond acceptors (Lipinski definition) is 4. The fraction of sp³-hybridized carbons (Fsp3) is 0.400. The molecule has 0 aliphatic rings. The molecule has 0 bridgehead atoms. The van der Waals surface area contributed by atoms with E-state index in [0.29, 0.717) is 6.54 Å². The predicted octanol–water partition coefficient (Wildman–Crippen LogP) is 3.20. The van der Waals surface area contributed by atoms with E-state index in [2.05, 4.69) is 10.6 Å². The topological polar surface area (TPSA) is 61.4 Å². The molecule has 28 heavy (non-hydrogen) atoms. The van der Waals surface area contributed by atoms with Crippen LogP contribution in [-0.4, -0.2) is 43.4 Å². The first kappa shape index (κ1) is 22.0. The van der Waals surface area contributed by atoms with Gasteiger partial charge in [-0.05, 0) is 43.6 Å². The Morgan fingerprint density at radius 2 is 1.75 bits per heavy atom. The zero-order chi connectivity index (χ0) is 20.8. The van der Waals surface area contributed by atoms with Crippen molar-refractivity contribution in [2.24, 2.45) is 5.92 Å². The van der Waals surface area contributed by atoms with Gasteiger partial charge in [-0.1, -0.05) is 26.0 Å². The van der Waals surface area contributed by atoms with Crippen LogP contribution in [0.25, 0.3) is 0 Å². The van der Waals surface area contributed by atoms with E-state index in [1.54, 1.807) is 25.2 Å². The highest BCUT2D eigenvalue weighted by atomic mass is 32.1. The molecule has 2 atom stereocenters. The van der Waals surface area contributed by atoms with E-state index in [0.717, 1.165) is 17.0 Å². The largest absolute Gasteiger partial charge is 0.352 e. The summed E-state index contributed by atoms with van der Waals surface area (Å²) in [4.78, 5) is 28.1. The number of benzene rings is 1. The normalized spacial score (nSPS) is 13.4. The summed E-state index contributed by atoms with van der Waals surface area (Å²) in [5, 5.41) is 7.27. The van der Waals surface area contributed by atoms with Crippen LogP contribution in [0.4, 0.5) is 8.78 Å². The van der Waals surface area contributed by atoms with E-state index in [1.165, 1.54) is 6.07 Å². The molecule has 1 aromatic carbocycles. The van der Waals surface area contributed by atoms with Gasteiger partial charge >= 0.3 is 0 Å². The van der Waals surface area contributed by atoms with Gasteiger partial charge < -0.3 is 15.5 Å². The number of nitrogens with one attached hydrogen (secondary N) is 2. The van der Waals surface area contributed by atoms with Crippen molar-refractivity contribution in [1.29, 1.82) is 0 Å². The minimum Gasteiger partial charge on any atom is -0.352 e. The smallest absolute Gasteiger partial charge is 0.257 e. The molecule has 2 rings (SSSR count). The molecule has 2 N–H and O–H groups in total. The summed E-state index contributed by atoms with van der Waals surface area (Å²) in [5.41, 5.74) is -0.689. The van der Waals surface area contributed by atoms with Crippen LogP contribution in [0.1, 0.15) is 35.1 Å². The third-order valence-electron chi connectivity index (χ3n) is 4.39. The summed E-state index contributed by atoms with van der Waals surface area (Å²) < 4.78 is 27.7. The van der Waals surface area contributed by atoms with Crippen LogP contribution in [0.15, 0.2) is 35.7 Å². The van der Waals surface area contributed by atoms with E-state index >= 15 is 0 Å². The van der Waals surface area contributed by atoms with Gasteiger partial charge in [-0.15, -0.1) is 11.3 Å². The maximum Gasteiger partial charge on any atom is 0.257 e. The molecular formula is C20H25F2N3O2S. The van der Waals surface area contributed by atoms with Gasteiger partial charge in [-0.3, -0.25) is 9.59 Å². The third-order valence-corrected chi connectivity index (χ3v) is 5.36. The summed E-state index contributed by atoms with van der Waals surface area (Å²) in [6.07, 6.45) is 0. The molecule has 0 fully saturated rings. The monoisotopic (exact) mass is 409 g/mol. The molecule has 152 valence electrons. The highest BCUT2D eigenvalue weighted by molar-refractivity contribution is 7.10. The van der Waals surface area contributed by atoms with Gasteiger partial charge in [0.15, 0.2) is 0 Å². The molecule has 8 heteroatoms. The van der Waals surface area contributed by atoms with Crippen molar-refractivity contribution in [3.05, 3.63) is 57.8 Å². The molecule has 0 saturated carbocycles. The van der Waals surface area contributed by atoms with Crippen LogP contribution in [-0.2, 0) is 4.79 Å². The maximum atomic E-state index is 13.8. The van der Waals surface area contributed by atoms with Crippen molar-refractivity contribution in [3.63, 3.8) is 0 Å². The molecule has 0 spiro atoms. The van der Waals surface area contributed by atoms with Gasteiger partial charge in [0.2, 0.25) is 5.91 Å². The van der Waals surface area contributed by atoms with Crippen LogP contribution in [0, 0.1) is 17.6 Å². The number of nitrogens with zero attached hydrogens (tertiary/aromatic N) is 1. The van der Waals surface area contributed by atoms with E-state index in [9.17, 15) is 18.4 Å². The Hall–Kier alpha value is -2.32. The molecule has 2 amide bonds. The van der Waals surface area contributed by atoms with Crippen molar-refractivity contribution >= 4 is 23.2 Å². The molecule has 0 radical (unpaired) electrons. The van der Waals surface area contributed by atoms with Crippen LogP contribution in [0.2, 0.25) is 0 Å². The van der Waals surface area contributed by atoms with E-state index in [4.69, 9.17) is 0 Å². The number of carbonyl (C=O) groups excluding carboxylic acids is 2. The van der Waals surface area contributed by atoms with Gasteiger partial charge in [0.1, 0.15) is 23.2 Å². The molecule has 0 aliphatic heterocycles. The zero-order valence-electron chi connectivity index (χ0n) is 16.3. The van der Waals surface area contributed by atoms with Crippen LogP contribution >= 0.6 is 11.3 Å². The predicted molar refractivity (Wildman–Crippen MR) is 106 cm³/mol. The van der Waals surface area contributed by atoms with Crippen LogP contribution in [0.3, 0.4) is 0 Å². The molecule has 0 aliphatic carbocycles. The number of amides is 2. The highest BCUT2D eigenvalue weighted by Crippen LogP contribution is 2.22. The van der Waals surface area contributed by atoms with Crippen LogP contribution in [0.5, 0.6) is 0 Å². The minimum atomic E-state index is -0.967. The number of halogens is 2. The Balaban J connectivity index is 2.08. The number of thiophene rings is 1. The summed E-state index contributed by atoms with van der Waals surface area (Å²) >= 11 is 1.59. The molecule has 5 nitrogen and oxygen atoms in total. The van der Waals surface area contributed by atoms with Crippen molar-refractivity contribution < 1.29 is 18.4 Å². The quantitative estimate of drug-likeness (QED) is 0.704. The molecule has 1 heterocycles. The van der Waals surface area contributed by atoms with Gasteiger partial charge in [0.25, 0.3) is 5.91 Å². The van der Waals surface area contributed by atoms with E-state index < -0.39 is 35.1 Å². The SMILES string of the molecule is CC(C)[C@H](NC(=O)c1c(F)cccc1F)C(=O)NC[C@@H](c1cccs1)N(C)C. The molecule has 1 aromatic heterocycles. The highest BCUT2D eigenvalue weighted by Gasteiger charge is 2.28. The fourth-order valence-corrected chi connectivity index (χ4v) is 3.71. The van der Waals surface area contributed by atoms with Gasteiger partial charge in [-0.2, -0.15) is 0 Å². The van der Waals surface area contributed by atoms with Gasteiger partial charge in [0.05, 0.1) is 6.04 Å². The second-order valence-corrected chi connectivity index (χ2v) is 8.01. The Bertz CT molecular complexity index is 790. The third kappa shape index (κ3) is 5.36. The van der Waals surface area contributed by atoms with Crippen molar-refractivity contribution in [3.8, 4) is 0 Å². The Kier molecular flexibility index (Phi) is 7.65. The average molecular weight is 410 g/mol. The number of rotatable bonds is 8. The molecule has 0 saturated heterocycles. The van der Waals surface area contributed by atoms with Crippen LogP contribution < -0.4 is 10.6 Å². The van der Waals surface area contributed by atoms with Crippen molar-refractivity contribution in [2.75, 3.05) is 20.6 Å². The Morgan fingerprint density at radius 1 is 1.11 bits per heavy atom. The lowest BCUT2D eigenvalue weighted by Gasteiger charge is -2.26. The maximum absolute atomic E-state index is 13.8. The Labute approximate surface area is 167 Å². The summed E-state index contributed by atoms with van der Waals surface area (Å²) in [5.74, 6) is -3.55. The second kappa shape index (κ2) is 9.75. The summed E-state index contributed by atoms with van der Waals surface area (Å²) in [6, 6.07) is 6.19. The molecule has 2 aromatic rings. The lowest BCUT2D eigenvalue weighted by molar-refractivity contribution is -0.124. The standard InChI is InChI=1S/C20H25F2N3O2S/c1-12(2)18(24-19(26)17-13(21)7-5-8-14(17)22)20(27)23-11-15(25(3)4)16-9-6-10-28-16/h5-10,12,15,18H,11H2,1-4H3,(H,23,27)(H,24,26)/t15-,18-/m0/s1. The van der Waals surface area contributed by atoms with E-state index in [1.807, 2.05) is 36.5 Å². The van der Waals surface area contributed by atoms with Gasteiger partial charge in [-0.25, -0.2) is 8.78 Å². The Morgan fingerprint density at radius 3 is 2.25 bits per heavy atom. The lowest BCUT2D eigenvalue weighted by atomic mass is 10.0. The second-order valence-electron chi connectivity index (χ2n) is 7.03. The first-order valence-electron chi connectivity index (χ1n) is 8.94. The van der Waals surface area contributed by atoms with Gasteiger partial charge in [0, 0.05) is 11.4 Å². The van der Waals surface area contributed by atoms with Crippen molar-refractivity contribution in [1.82, 2.24) is 15.5 Å². The number of carbonyl (C=O) groups is 2. The first-order valence-corrected chi connectivity index (χ1v) is 9.82. The number of likely N-dealkylation sites (N-methyl/N-ethyl adjacent to an activating group) is 1. The minimum absolute atomic E-state index is 0.0172. The van der Waals surface area contributed by atoms with Crippen molar-refractivity contribution in [2.45, 2.75) is 25.9 Å². The first-order chi connectivity index (χ1) is 13.2. The van der Waals surface area contributed by atoms with E-state index in [-0.39, 0.29) is 12.0 Å².